The summed E-state index contributed by atoms with van der Waals surface area (Å²) in [5.41, 5.74) is 2.63. The maximum Gasteiger partial charge on any atom is 0.123 e. The van der Waals surface area contributed by atoms with Gasteiger partial charge in [-0.25, -0.2) is 0 Å². The summed E-state index contributed by atoms with van der Waals surface area (Å²) >= 11 is 0. The molecule has 1 heterocycles. The normalized spacial score (nSPS) is 19.7. The van der Waals surface area contributed by atoms with Crippen LogP contribution in [0.3, 0.4) is 0 Å². The van der Waals surface area contributed by atoms with E-state index in [9.17, 15) is 0 Å². The molecule has 1 aliphatic rings. The smallest absolute Gasteiger partial charge is 0.123 e. The molecular formula is C11H15NO. The summed E-state index contributed by atoms with van der Waals surface area (Å²) in [6, 6.07) is 6.47. The standard InChI is InChI=1S/C11H15NO/c1-8-5-10-4-3-9(7-12-2)6-11(10)13-8/h3-4,6,8,12H,5,7H2,1-2H3. The summed E-state index contributed by atoms with van der Waals surface area (Å²) in [5, 5.41) is 3.13. The average Bonchev–Trinajstić information content (AvgIpc) is 2.44. The van der Waals surface area contributed by atoms with E-state index in [0.29, 0.717) is 6.10 Å². The summed E-state index contributed by atoms with van der Waals surface area (Å²) in [7, 11) is 1.96. The van der Waals surface area contributed by atoms with E-state index in [1.54, 1.807) is 0 Å². The van der Waals surface area contributed by atoms with Crippen LogP contribution in [-0.2, 0) is 13.0 Å². The number of ether oxygens (including phenoxy) is 1. The monoisotopic (exact) mass is 177 g/mol. The predicted octanol–water partition coefficient (Wildman–Crippen LogP) is 1.73. The van der Waals surface area contributed by atoms with E-state index in [2.05, 4.69) is 30.4 Å². The van der Waals surface area contributed by atoms with E-state index in [1.165, 1.54) is 11.1 Å². The van der Waals surface area contributed by atoms with E-state index in [1.807, 2.05) is 7.05 Å². The fourth-order valence-corrected chi connectivity index (χ4v) is 1.76. The first-order valence-electron chi connectivity index (χ1n) is 4.72. The average molecular weight is 177 g/mol. The molecule has 2 nitrogen and oxygen atoms in total. The van der Waals surface area contributed by atoms with Crippen molar-refractivity contribution in [1.82, 2.24) is 5.32 Å². The molecule has 0 aliphatic carbocycles. The zero-order valence-corrected chi connectivity index (χ0v) is 8.13. The number of fused-ring (bicyclic) bond motifs is 1. The first kappa shape index (κ1) is 8.57. The van der Waals surface area contributed by atoms with Crippen molar-refractivity contribution in [3.8, 4) is 5.75 Å². The maximum absolute atomic E-state index is 5.67. The Balaban J connectivity index is 2.24. The van der Waals surface area contributed by atoms with E-state index in [-0.39, 0.29) is 0 Å². The number of hydrogen-bond donors (Lipinski definition) is 1. The molecule has 1 atom stereocenters. The van der Waals surface area contributed by atoms with Crippen LogP contribution in [0.5, 0.6) is 5.75 Å². The molecule has 0 aromatic heterocycles. The highest BCUT2D eigenvalue weighted by molar-refractivity contribution is 5.40. The molecule has 0 amide bonds. The molecule has 0 saturated carbocycles. The van der Waals surface area contributed by atoms with Crippen LogP contribution >= 0.6 is 0 Å². The van der Waals surface area contributed by atoms with Crippen LogP contribution in [0.4, 0.5) is 0 Å². The van der Waals surface area contributed by atoms with Gasteiger partial charge in [0.15, 0.2) is 0 Å². The summed E-state index contributed by atoms with van der Waals surface area (Å²) < 4.78 is 5.67. The SMILES string of the molecule is CNCc1ccc2c(c1)OC(C)C2. The van der Waals surface area contributed by atoms with Gasteiger partial charge in [0.25, 0.3) is 0 Å². The second kappa shape index (κ2) is 3.38. The molecule has 2 rings (SSSR count). The highest BCUT2D eigenvalue weighted by atomic mass is 16.5. The molecule has 0 fully saturated rings. The molecule has 13 heavy (non-hydrogen) atoms. The topological polar surface area (TPSA) is 21.3 Å². The summed E-state index contributed by atoms with van der Waals surface area (Å²) in [6.07, 6.45) is 1.40. The van der Waals surface area contributed by atoms with E-state index in [0.717, 1.165) is 18.7 Å². The molecule has 1 aliphatic heterocycles. The van der Waals surface area contributed by atoms with Gasteiger partial charge in [-0.3, -0.25) is 0 Å². The van der Waals surface area contributed by atoms with Gasteiger partial charge in [0, 0.05) is 13.0 Å². The van der Waals surface area contributed by atoms with Crippen molar-refractivity contribution in [1.29, 1.82) is 0 Å². The van der Waals surface area contributed by atoms with Gasteiger partial charge < -0.3 is 10.1 Å². The molecule has 1 aromatic carbocycles. The molecule has 0 spiro atoms. The van der Waals surface area contributed by atoms with Gasteiger partial charge in [0.05, 0.1) is 0 Å². The highest BCUT2D eigenvalue weighted by Crippen LogP contribution is 2.29. The van der Waals surface area contributed by atoms with Gasteiger partial charge in [-0.1, -0.05) is 12.1 Å². The van der Waals surface area contributed by atoms with Crippen LogP contribution in [0, 0.1) is 0 Å². The van der Waals surface area contributed by atoms with Crippen molar-refractivity contribution in [2.45, 2.75) is 26.0 Å². The van der Waals surface area contributed by atoms with Gasteiger partial charge in [-0.15, -0.1) is 0 Å². The molecule has 2 heteroatoms. The molecule has 70 valence electrons. The van der Waals surface area contributed by atoms with E-state index >= 15 is 0 Å². The lowest BCUT2D eigenvalue weighted by atomic mass is 10.1. The van der Waals surface area contributed by atoms with Crippen molar-refractivity contribution in [3.05, 3.63) is 29.3 Å². The van der Waals surface area contributed by atoms with Gasteiger partial charge >= 0.3 is 0 Å². The molecule has 1 unspecified atom stereocenters. The Morgan fingerprint density at radius 3 is 3.15 bits per heavy atom. The zero-order chi connectivity index (χ0) is 9.26. The molecule has 1 aromatic rings. The lowest BCUT2D eigenvalue weighted by molar-refractivity contribution is 0.254. The Kier molecular flexibility index (Phi) is 2.23. The Bertz CT molecular complexity index is 309. The van der Waals surface area contributed by atoms with Crippen LogP contribution in [0.15, 0.2) is 18.2 Å². The largest absolute Gasteiger partial charge is 0.490 e. The predicted molar refractivity (Wildman–Crippen MR) is 53.0 cm³/mol. The third kappa shape index (κ3) is 1.68. The quantitative estimate of drug-likeness (QED) is 0.742. The second-order valence-corrected chi connectivity index (χ2v) is 3.60. The number of nitrogens with one attached hydrogen (secondary N) is 1. The number of rotatable bonds is 2. The minimum Gasteiger partial charge on any atom is -0.490 e. The fraction of sp³-hybridized carbons (Fsp3) is 0.455. The van der Waals surface area contributed by atoms with E-state index < -0.39 is 0 Å². The van der Waals surface area contributed by atoms with Gasteiger partial charge in [-0.2, -0.15) is 0 Å². The third-order valence-corrected chi connectivity index (χ3v) is 2.35. The summed E-state index contributed by atoms with van der Waals surface area (Å²) in [5.74, 6) is 1.07. The van der Waals surface area contributed by atoms with Crippen molar-refractivity contribution in [2.24, 2.45) is 0 Å². The Morgan fingerprint density at radius 2 is 2.38 bits per heavy atom. The van der Waals surface area contributed by atoms with Gasteiger partial charge in [0.2, 0.25) is 0 Å². The maximum atomic E-state index is 5.67. The lowest BCUT2D eigenvalue weighted by Gasteiger charge is -2.04. The fourth-order valence-electron chi connectivity index (χ4n) is 1.76. The van der Waals surface area contributed by atoms with Crippen molar-refractivity contribution >= 4 is 0 Å². The minimum absolute atomic E-state index is 0.347. The van der Waals surface area contributed by atoms with E-state index in [4.69, 9.17) is 4.74 Å². The molecule has 0 bridgehead atoms. The zero-order valence-electron chi connectivity index (χ0n) is 8.13. The van der Waals surface area contributed by atoms with Crippen molar-refractivity contribution in [3.63, 3.8) is 0 Å². The Labute approximate surface area is 78.9 Å². The van der Waals surface area contributed by atoms with Crippen LogP contribution in [0.2, 0.25) is 0 Å². The van der Waals surface area contributed by atoms with Crippen LogP contribution < -0.4 is 10.1 Å². The molecule has 0 saturated heterocycles. The molecule has 1 N–H and O–H groups in total. The van der Waals surface area contributed by atoms with Gasteiger partial charge in [0.1, 0.15) is 11.9 Å². The molecule has 0 radical (unpaired) electrons. The van der Waals surface area contributed by atoms with Crippen LogP contribution in [0.25, 0.3) is 0 Å². The van der Waals surface area contributed by atoms with Crippen LogP contribution in [-0.4, -0.2) is 13.2 Å². The minimum atomic E-state index is 0.347. The lowest BCUT2D eigenvalue weighted by Crippen LogP contribution is -2.06. The first-order valence-corrected chi connectivity index (χ1v) is 4.72. The first-order chi connectivity index (χ1) is 6.29. The van der Waals surface area contributed by atoms with Gasteiger partial charge in [-0.05, 0) is 31.2 Å². The molecular weight excluding hydrogens is 162 g/mol. The summed E-state index contributed by atoms with van der Waals surface area (Å²) in [6.45, 7) is 3.02. The number of hydrogen-bond acceptors (Lipinski definition) is 2. The summed E-state index contributed by atoms with van der Waals surface area (Å²) in [4.78, 5) is 0. The Morgan fingerprint density at radius 1 is 1.54 bits per heavy atom. The highest BCUT2D eigenvalue weighted by Gasteiger charge is 2.18. The van der Waals surface area contributed by atoms with Crippen LogP contribution in [0.1, 0.15) is 18.1 Å². The third-order valence-electron chi connectivity index (χ3n) is 2.35. The van der Waals surface area contributed by atoms with Crippen molar-refractivity contribution < 1.29 is 4.74 Å². The van der Waals surface area contributed by atoms with Crippen molar-refractivity contribution in [2.75, 3.05) is 7.05 Å². The second-order valence-electron chi connectivity index (χ2n) is 3.60. The number of benzene rings is 1. The Hall–Kier alpha value is -1.02.